The molecule has 1 aliphatic heterocycles. The average molecular weight is 417 g/mol. The van der Waals surface area contributed by atoms with E-state index in [4.69, 9.17) is 16.7 Å². The highest BCUT2D eigenvalue weighted by molar-refractivity contribution is 8.24. The molecule has 0 bridgehead atoms. The zero-order valence-corrected chi connectivity index (χ0v) is 15.6. The molecule has 10 heteroatoms. The number of aromatic nitrogens is 1. The molecule has 1 aliphatic rings. The minimum absolute atomic E-state index is 0.00667. The number of aryl methyl sites for hydroxylation is 1. The smallest absolute Gasteiger partial charge is 0.240 e. The third-order valence-electron chi connectivity index (χ3n) is 4.44. The van der Waals surface area contributed by atoms with Gasteiger partial charge in [0.05, 0.1) is 16.1 Å². The Kier molecular flexibility index (Phi) is 3.89. The largest absolute Gasteiger partial charge is 0.312 e. The van der Waals surface area contributed by atoms with E-state index in [9.17, 15) is 21.9 Å². The van der Waals surface area contributed by atoms with Gasteiger partial charge >= 0.3 is 0 Å². The number of sulfonamides is 1. The van der Waals surface area contributed by atoms with Gasteiger partial charge in [-0.25, -0.2) is 17.9 Å². The molecule has 3 aromatic rings. The Morgan fingerprint density at radius 3 is 2.65 bits per heavy atom. The van der Waals surface area contributed by atoms with Crippen molar-refractivity contribution in [3.8, 4) is 5.69 Å². The number of halogens is 2. The fourth-order valence-corrected chi connectivity index (χ4v) is 5.73. The van der Waals surface area contributed by atoms with E-state index in [1.807, 2.05) is 0 Å². The lowest BCUT2D eigenvalue weighted by atomic mass is 10.1. The van der Waals surface area contributed by atoms with Crippen molar-refractivity contribution in [3.05, 3.63) is 52.9 Å². The molecule has 26 heavy (non-hydrogen) atoms. The van der Waals surface area contributed by atoms with Crippen molar-refractivity contribution in [2.45, 2.75) is 16.2 Å². The number of nitrogens with zero attached hydrogens (tertiary/aromatic N) is 1. The van der Waals surface area contributed by atoms with Gasteiger partial charge in [-0.3, -0.25) is 9.11 Å². The molecule has 2 aromatic carbocycles. The number of benzene rings is 2. The lowest BCUT2D eigenvalue weighted by molar-refractivity contribution is 0.492. The summed E-state index contributed by atoms with van der Waals surface area (Å²) in [5.41, 5.74) is 0.870. The second kappa shape index (κ2) is 5.69. The van der Waals surface area contributed by atoms with Gasteiger partial charge in [0.15, 0.2) is 0 Å². The fourth-order valence-electron chi connectivity index (χ4n) is 3.23. The van der Waals surface area contributed by atoms with Crippen LogP contribution in [0, 0.1) is 5.82 Å². The number of rotatable bonds is 2. The SMILES string of the molecule is NS(=O)(=O)c1cn(-c2cc3c(cc2F)CCS3(O)O)c2cc(Cl)ccc12. The molecular formula is C16H14ClFN2O4S2. The van der Waals surface area contributed by atoms with Crippen LogP contribution in [0.2, 0.25) is 5.02 Å². The monoisotopic (exact) mass is 416 g/mol. The number of hydrogen-bond acceptors (Lipinski definition) is 4. The molecule has 4 N–H and O–H groups in total. The second-order valence-electron chi connectivity index (χ2n) is 6.10. The van der Waals surface area contributed by atoms with Crippen molar-refractivity contribution in [2.75, 3.05) is 5.75 Å². The zero-order chi connectivity index (χ0) is 18.9. The quantitative estimate of drug-likeness (QED) is 0.591. The molecule has 0 fully saturated rings. The molecule has 0 atom stereocenters. The van der Waals surface area contributed by atoms with E-state index in [-0.39, 0.29) is 21.2 Å². The van der Waals surface area contributed by atoms with E-state index in [1.165, 1.54) is 41.1 Å². The molecule has 0 spiro atoms. The predicted octanol–water partition coefficient (Wildman–Crippen LogP) is 3.74. The van der Waals surface area contributed by atoms with Crippen molar-refractivity contribution >= 4 is 43.1 Å². The summed E-state index contributed by atoms with van der Waals surface area (Å²) in [7, 11) is -7.04. The maximum atomic E-state index is 14.7. The number of primary sulfonamides is 1. The summed E-state index contributed by atoms with van der Waals surface area (Å²) in [6.07, 6.45) is 1.58. The minimum Gasteiger partial charge on any atom is -0.312 e. The van der Waals surface area contributed by atoms with Crippen LogP contribution >= 0.6 is 22.2 Å². The predicted molar refractivity (Wildman–Crippen MR) is 99.3 cm³/mol. The summed E-state index contributed by atoms with van der Waals surface area (Å²) < 4.78 is 60.2. The van der Waals surface area contributed by atoms with Crippen LogP contribution in [0.5, 0.6) is 0 Å². The molecule has 0 unspecified atom stereocenters. The molecule has 0 aliphatic carbocycles. The number of nitrogens with two attached hydrogens (primary N) is 1. The molecule has 0 amide bonds. The third kappa shape index (κ3) is 2.72. The van der Waals surface area contributed by atoms with Gasteiger partial charge in [-0.05, 0) is 42.3 Å². The van der Waals surface area contributed by atoms with E-state index < -0.39 is 26.4 Å². The normalized spacial score (nSPS) is 17.4. The topological polar surface area (TPSA) is 106 Å². The molecule has 6 nitrogen and oxygen atoms in total. The standard InChI is InChI=1S/C16H14ClFN2O4S2/c17-10-1-2-11-13(6-10)20(8-16(11)26(19,23)24)14-7-15-9(5-12(14)18)3-4-25(15,21)22/h1-2,5-8,21-22H,3-4H2,(H2,19,23,24). The summed E-state index contributed by atoms with van der Waals surface area (Å²) >= 11 is 6.02. The van der Waals surface area contributed by atoms with E-state index in [2.05, 4.69) is 0 Å². The van der Waals surface area contributed by atoms with Gasteiger partial charge in [0.1, 0.15) is 10.7 Å². The maximum Gasteiger partial charge on any atom is 0.240 e. The Morgan fingerprint density at radius 1 is 1.23 bits per heavy atom. The Morgan fingerprint density at radius 2 is 1.96 bits per heavy atom. The van der Waals surface area contributed by atoms with Gasteiger partial charge in [-0.2, -0.15) is 10.6 Å². The van der Waals surface area contributed by atoms with Crippen LogP contribution in [0.25, 0.3) is 16.6 Å². The lowest BCUT2D eigenvalue weighted by Crippen LogP contribution is -2.11. The van der Waals surface area contributed by atoms with Gasteiger partial charge in [0.25, 0.3) is 0 Å². The van der Waals surface area contributed by atoms with E-state index in [0.29, 0.717) is 27.9 Å². The van der Waals surface area contributed by atoms with Crippen LogP contribution in [0.4, 0.5) is 4.39 Å². The molecule has 138 valence electrons. The zero-order valence-electron chi connectivity index (χ0n) is 13.2. The molecular weight excluding hydrogens is 403 g/mol. The average Bonchev–Trinajstić information content (AvgIpc) is 3.04. The summed E-state index contributed by atoms with van der Waals surface area (Å²) in [5, 5.41) is 5.91. The van der Waals surface area contributed by atoms with Crippen LogP contribution in [0.15, 0.2) is 46.3 Å². The van der Waals surface area contributed by atoms with Gasteiger partial charge < -0.3 is 4.57 Å². The second-order valence-corrected chi connectivity index (χ2v) is 10.2. The maximum absolute atomic E-state index is 14.7. The highest BCUT2D eigenvalue weighted by atomic mass is 35.5. The Bertz CT molecular complexity index is 1170. The van der Waals surface area contributed by atoms with Gasteiger partial charge in [-0.1, -0.05) is 11.6 Å². The lowest BCUT2D eigenvalue weighted by Gasteiger charge is -2.27. The van der Waals surface area contributed by atoms with Crippen LogP contribution in [-0.2, 0) is 16.4 Å². The molecule has 0 saturated carbocycles. The van der Waals surface area contributed by atoms with E-state index in [0.717, 1.165) is 0 Å². The van der Waals surface area contributed by atoms with Crippen molar-refractivity contribution in [2.24, 2.45) is 5.14 Å². The van der Waals surface area contributed by atoms with Crippen LogP contribution < -0.4 is 5.14 Å². The number of hydrogen-bond donors (Lipinski definition) is 3. The first kappa shape index (κ1) is 17.8. The molecule has 1 aromatic heterocycles. The summed E-state index contributed by atoms with van der Waals surface area (Å²) in [5.74, 6) is -0.468. The van der Waals surface area contributed by atoms with Crippen molar-refractivity contribution < 1.29 is 21.9 Å². The minimum atomic E-state index is -4.06. The Hall–Kier alpha value is -1.62. The molecule has 4 rings (SSSR count). The van der Waals surface area contributed by atoms with Crippen molar-refractivity contribution in [1.29, 1.82) is 0 Å². The van der Waals surface area contributed by atoms with E-state index in [1.54, 1.807) is 0 Å². The van der Waals surface area contributed by atoms with Crippen LogP contribution in [0.3, 0.4) is 0 Å². The van der Waals surface area contributed by atoms with E-state index >= 15 is 0 Å². The van der Waals surface area contributed by atoms with Gasteiger partial charge in [-0.15, -0.1) is 0 Å². The number of fused-ring (bicyclic) bond motifs is 2. The fraction of sp³-hybridized carbons (Fsp3) is 0.125. The van der Waals surface area contributed by atoms with Crippen molar-refractivity contribution in [1.82, 2.24) is 4.57 Å². The molecule has 0 radical (unpaired) electrons. The summed E-state index contributed by atoms with van der Waals surface area (Å²) in [6, 6.07) is 7.10. The van der Waals surface area contributed by atoms with Gasteiger partial charge in [0, 0.05) is 22.4 Å². The molecule has 0 saturated heterocycles. The van der Waals surface area contributed by atoms with Gasteiger partial charge in [0.2, 0.25) is 10.0 Å². The first-order valence-electron chi connectivity index (χ1n) is 7.50. The highest BCUT2D eigenvalue weighted by Gasteiger charge is 2.29. The van der Waals surface area contributed by atoms with Crippen LogP contribution in [-0.4, -0.2) is 27.8 Å². The first-order chi connectivity index (χ1) is 12.1. The summed E-state index contributed by atoms with van der Waals surface area (Å²) in [4.78, 5) is 0.102. The Labute approximate surface area is 155 Å². The Balaban J connectivity index is 2.06. The highest BCUT2D eigenvalue weighted by Crippen LogP contribution is 2.55. The molecule has 2 heterocycles. The van der Waals surface area contributed by atoms with Crippen LogP contribution in [0.1, 0.15) is 5.56 Å². The first-order valence-corrected chi connectivity index (χ1v) is 11.1. The van der Waals surface area contributed by atoms with Crippen molar-refractivity contribution in [3.63, 3.8) is 0 Å². The third-order valence-corrected chi connectivity index (χ3v) is 7.47. The summed E-state index contributed by atoms with van der Waals surface area (Å²) in [6.45, 7) is 0.